The monoisotopic (exact) mass is 435 g/mol. The molecule has 1 amide bonds. The van der Waals surface area contributed by atoms with Crippen LogP contribution < -0.4 is 10.6 Å². The van der Waals surface area contributed by atoms with E-state index < -0.39 is 0 Å². The predicted molar refractivity (Wildman–Crippen MR) is 118 cm³/mol. The van der Waals surface area contributed by atoms with E-state index in [9.17, 15) is 4.79 Å². The van der Waals surface area contributed by atoms with Crippen LogP contribution in [0.3, 0.4) is 0 Å². The van der Waals surface area contributed by atoms with Crippen LogP contribution in [0.5, 0.6) is 0 Å². The van der Waals surface area contributed by atoms with Crippen LogP contribution >= 0.6 is 22.9 Å². The Bertz CT molecular complexity index is 842. The molecule has 1 atom stereocenters. The fraction of sp³-hybridized carbons (Fsp3) is 0.619. The number of aryl methyl sites for hydroxylation is 1. The lowest BCUT2D eigenvalue weighted by molar-refractivity contribution is 0.0939. The normalized spacial score (nSPS) is 19.9. The van der Waals surface area contributed by atoms with E-state index in [1.165, 1.54) is 29.8 Å². The molecule has 2 N–H and O–H groups in total. The Morgan fingerprint density at radius 2 is 2.14 bits per heavy atom. The highest BCUT2D eigenvalue weighted by Crippen LogP contribution is 2.26. The maximum absolute atomic E-state index is 12.8. The van der Waals surface area contributed by atoms with E-state index in [1.807, 2.05) is 17.8 Å². The van der Waals surface area contributed by atoms with E-state index in [-0.39, 0.29) is 5.91 Å². The molecule has 0 radical (unpaired) electrons. The Labute approximate surface area is 181 Å². The van der Waals surface area contributed by atoms with Gasteiger partial charge in [0, 0.05) is 48.9 Å². The van der Waals surface area contributed by atoms with Gasteiger partial charge in [-0.05, 0) is 57.3 Å². The maximum atomic E-state index is 12.8. The Kier molecular flexibility index (Phi) is 6.90. The third-order valence-electron chi connectivity index (χ3n) is 6.03. The van der Waals surface area contributed by atoms with Crippen molar-refractivity contribution in [2.24, 2.45) is 7.05 Å². The van der Waals surface area contributed by atoms with Crippen LogP contribution in [-0.4, -0.2) is 52.8 Å². The maximum Gasteiger partial charge on any atom is 0.272 e. The first-order chi connectivity index (χ1) is 14.1. The van der Waals surface area contributed by atoms with Crippen molar-refractivity contribution >= 4 is 28.8 Å². The van der Waals surface area contributed by atoms with Gasteiger partial charge in [0.15, 0.2) is 5.69 Å². The highest BCUT2D eigenvalue weighted by Gasteiger charge is 2.28. The van der Waals surface area contributed by atoms with Crippen molar-refractivity contribution in [3.63, 3.8) is 0 Å². The molecule has 2 aromatic rings. The number of nitrogens with one attached hydrogen (secondary N) is 2. The summed E-state index contributed by atoms with van der Waals surface area (Å²) in [6, 6.07) is 4.36. The predicted octanol–water partition coefficient (Wildman–Crippen LogP) is 3.00. The number of carbonyl (C=O) groups excluding carboxylic acids is 1. The number of carbonyl (C=O) groups is 1. The molecule has 1 unspecified atom stereocenters. The van der Waals surface area contributed by atoms with Crippen LogP contribution in [0.15, 0.2) is 12.1 Å². The second kappa shape index (κ2) is 9.60. The van der Waals surface area contributed by atoms with Gasteiger partial charge < -0.3 is 15.5 Å². The van der Waals surface area contributed by atoms with Gasteiger partial charge in [0.2, 0.25) is 0 Å². The third-order valence-corrected chi connectivity index (χ3v) is 7.26. The van der Waals surface area contributed by atoms with E-state index in [0.29, 0.717) is 18.3 Å². The van der Waals surface area contributed by atoms with Crippen molar-refractivity contribution in [3.8, 4) is 0 Å². The van der Waals surface area contributed by atoms with Gasteiger partial charge in [0.25, 0.3) is 5.91 Å². The average molecular weight is 436 g/mol. The van der Waals surface area contributed by atoms with E-state index in [2.05, 4.69) is 26.7 Å². The molecule has 6 nitrogen and oxygen atoms in total. The van der Waals surface area contributed by atoms with Crippen molar-refractivity contribution in [3.05, 3.63) is 38.3 Å². The summed E-state index contributed by atoms with van der Waals surface area (Å²) in [4.78, 5) is 16.5. The number of nitrogens with zero attached hydrogens (tertiary/aromatic N) is 3. The number of amides is 1. The van der Waals surface area contributed by atoms with Crippen molar-refractivity contribution in [2.45, 2.75) is 51.1 Å². The lowest BCUT2D eigenvalue weighted by Gasteiger charge is -2.26. The Morgan fingerprint density at radius 1 is 1.31 bits per heavy atom. The first kappa shape index (κ1) is 20.8. The molecule has 3 heterocycles. The first-order valence-corrected chi connectivity index (χ1v) is 11.8. The van der Waals surface area contributed by atoms with Crippen LogP contribution in [0, 0.1) is 0 Å². The molecule has 2 aromatic heterocycles. The zero-order valence-electron chi connectivity index (χ0n) is 17.0. The zero-order valence-corrected chi connectivity index (χ0v) is 18.6. The quantitative estimate of drug-likeness (QED) is 0.701. The fourth-order valence-corrected chi connectivity index (χ4v) is 5.47. The molecule has 0 bridgehead atoms. The van der Waals surface area contributed by atoms with Crippen LogP contribution in [0.25, 0.3) is 0 Å². The van der Waals surface area contributed by atoms with Gasteiger partial charge in [-0.1, -0.05) is 18.0 Å². The standard InChI is InChI=1S/C21H30ClN5OS/c1-26-18-7-5-15(24-14-16-6-8-19(22)29-16)13-17(18)20(25-26)21(28)23-9-12-27-10-3-2-4-11-27/h6,8,15,24H,2-5,7,9-14H2,1H3,(H,23,28). The van der Waals surface area contributed by atoms with E-state index in [0.717, 1.165) is 55.3 Å². The molecule has 0 spiro atoms. The van der Waals surface area contributed by atoms with Gasteiger partial charge in [-0.25, -0.2) is 0 Å². The van der Waals surface area contributed by atoms with Crippen molar-refractivity contribution < 1.29 is 4.79 Å². The van der Waals surface area contributed by atoms with Gasteiger partial charge in [-0.15, -0.1) is 11.3 Å². The second-order valence-electron chi connectivity index (χ2n) is 8.08. The lowest BCUT2D eigenvalue weighted by Crippen LogP contribution is -2.38. The molecule has 1 saturated heterocycles. The molecule has 0 saturated carbocycles. The van der Waals surface area contributed by atoms with Crippen molar-refractivity contribution in [1.82, 2.24) is 25.3 Å². The highest BCUT2D eigenvalue weighted by atomic mass is 35.5. The number of fused-ring (bicyclic) bond motifs is 1. The van der Waals surface area contributed by atoms with Crippen LogP contribution in [0.1, 0.15) is 52.3 Å². The van der Waals surface area contributed by atoms with Gasteiger partial charge in [0.1, 0.15) is 0 Å². The molecule has 2 aliphatic rings. The summed E-state index contributed by atoms with van der Waals surface area (Å²) in [6.07, 6.45) is 6.72. The molecule has 8 heteroatoms. The molecule has 1 fully saturated rings. The van der Waals surface area contributed by atoms with Gasteiger partial charge in [0.05, 0.1) is 4.34 Å². The molecule has 1 aliphatic carbocycles. The highest BCUT2D eigenvalue weighted by molar-refractivity contribution is 7.16. The van der Waals surface area contributed by atoms with Gasteiger partial charge in [-0.2, -0.15) is 5.10 Å². The number of likely N-dealkylation sites (tertiary alicyclic amines) is 1. The number of aromatic nitrogens is 2. The number of piperidine rings is 1. The molecule has 4 rings (SSSR count). The largest absolute Gasteiger partial charge is 0.349 e. The van der Waals surface area contributed by atoms with Crippen LogP contribution in [0.2, 0.25) is 4.34 Å². The molecule has 158 valence electrons. The summed E-state index contributed by atoms with van der Waals surface area (Å²) in [6.45, 7) is 4.73. The number of thiophene rings is 1. The number of halogens is 1. The van der Waals surface area contributed by atoms with Gasteiger partial charge in [-0.3, -0.25) is 9.48 Å². The van der Waals surface area contributed by atoms with E-state index in [4.69, 9.17) is 11.6 Å². The number of rotatable bonds is 7. The minimum Gasteiger partial charge on any atom is -0.349 e. The average Bonchev–Trinajstić information content (AvgIpc) is 3.30. The van der Waals surface area contributed by atoms with Crippen molar-refractivity contribution in [1.29, 1.82) is 0 Å². The van der Waals surface area contributed by atoms with Gasteiger partial charge >= 0.3 is 0 Å². The van der Waals surface area contributed by atoms with E-state index in [1.54, 1.807) is 11.3 Å². The molecule has 1 aliphatic heterocycles. The second-order valence-corrected chi connectivity index (χ2v) is 9.88. The summed E-state index contributed by atoms with van der Waals surface area (Å²) >= 11 is 7.64. The molecule has 29 heavy (non-hydrogen) atoms. The van der Waals surface area contributed by atoms with E-state index >= 15 is 0 Å². The number of hydrogen-bond donors (Lipinski definition) is 2. The Morgan fingerprint density at radius 3 is 2.90 bits per heavy atom. The van der Waals surface area contributed by atoms with Crippen molar-refractivity contribution in [2.75, 3.05) is 26.2 Å². The summed E-state index contributed by atoms with van der Waals surface area (Å²) in [5.74, 6) is -0.0375. The topological polar surface area (TPSA) is 62.2 Å². The summed E-state index contributed by atoms with van der Waals surface area (Å²) in [7, 11) is 1.95. The minimum atomic E-state index is -0.0375. The molecular weight excluding hydrogens is 406 g/mol. The van der Waals surface area contributed by atoms with Crippen LogP contribution in [0.4, 0.5) is 0 Å². The SMILES string of the molecule is Cn1nc(C(=O)NCCN2CCCCC2)c2c1CCC(NCc1ccc(Cl)s1)C2. The first-order valence-electron chi connectivity index (χ1n) is 10.6. The third kappa shape index (κ3) is 5.20. The fourth-order valence-electron chi connectivity index (χ4n) is 4.43. The summed E-state index contributed by atoms with van der Waals surface area (Å²) < 4.78 is 2.72. The summed E-state index contributed by atoms with van der Waals surface area (Å²) in [5, 5.41) is 11.3. The zero-order chi connectivity index (χ0) is 20.2. The molecular formula is C21H30ClN5OS. The summed E-state index contributed by atoms with van der Waals surface area (Å²) in [5.41, 5.74) is 2.91. The number of hydrogen-bond acceptors (Lipinski definition) is 5. The lowest BCUT2D eigenvalue weighted by atomic mass is 9.91. The molecule has 0 aromatic carbocycles. The Balaban J connectivity index is 1.33. The minimum absolute atomic E-state index is 0.0375. The Hall–Kier alpha value is -1.41. The smallest absolute Gasteiger partial charge is 0.272 e. The van der Waals surface area contributed by atoms with Crippen LogP contribution in [-0.2, 0) is 26.4 Å².